The van der Waals surface area contributed by atoms with E-state index in [1.54, 1.807) is 35.0 Å². The van der Waals surface area contributed by atoms with Crippen molar-refractivity contribution < 1.29 is 5.11 Å². The van der Waals surface area contributed by atoms with E-state index in [0.717, 1.165) is 16.8 Å². The maximum atomic E-state index is 11.2. The number of benzene rings is 3. The van der Waals surface area contributed by atoms with Gasteiger partial charge in [-0.25, -0.2) is 4.99 Å². The van der Waals surface area contributed by atoms with Crippen molar-refractivity contribution in [3.8, 4) is 11.6 Å². The Morgan fingerprint density at radius 3 is 2.52 bits per heavy atom. The van der Waals surface area contributed by atoms with E-state index in [0.29, 0.717) is 31.1 Å². The average molecular weight is 464 g/mol. The first kappa shape index (κ1) is 19.8. The van der Waals surface area contributed by atoms with Crippen LogP contribution in [0.5, 0.6) is 5.88 Å². The molecule has 1 N–H and O–H groups in total. The first-order valence-corrected chi connectivity index (χ1v) is 11.0. The number of allylic oxidation sites excluding steroid dienone is 1. The lowest BCUT2D eigenvalue weighted by Gasteiger charge is -2.06. The predicted octanol–water partition coefficient (Wildman–Crippen LogP) is 7.04. The lowest BCUT2D eigenvalue weighted by atomic mass is 10.1. The van der Waals surface area contributed by atoms with Gasteiger partial charge in [0.15, 0.2) is 4.80 Å². The zero-order valence-corrected chi connectivity index (χ0v) is 18.4. The Morgan fingerprint density at radius 1 is 0.935 bits per heavy atom. The van der Waals surface area contributed by atoms with Gasteiger partial charge in [0.25, 0.3) is 0 Å². The van der Waals surface area contributed by atoms with Crippen LogP contribution in [-0.2, 0) is 0 Å². The molecule has 7 heteroatoms. The van der Waals surface area contributed by atoms with E-state index in [1.165, 1.54) is 11.3 Å². The highest BCUT2D eigenvalue weighted by molar-refractivity contribution is 7.10. The van der Waals surface area contributed by atoms with E-state index in [4.69, 9.17) is 28.2 Å². The van der Waals surface area contributed by atoms with Crippen molar-refractivity contribution in [2.45, 2.75) is 0 Å². The first-order valence-electron chi connectivity index (χ1n) is 9.45. The lowest BCUT2D eigenvalue weighted by molar-refractivity contribution is 0.439. The number of aromatic nitrogens is 1. The Labute approximate surface area is 192 Å². The molecular weight excluding hydrogens is 449 g/mol. The monoisotopic (exact) mass is 463 g/mol. The summed E-state index contributed by atoms with van der Waals surface area (Å²) in [5.41, 5.74) is 4.28. The highest BCUT2D eigenvalue weighted by atomic mass is 35.5. The second kappa shape index (κ2) is 8.19. The molecule has 0 saturated heterocycles. The molecule has 0 radical (unpaired) electrons. The summed E-state index contributed by atoms with van der Waals surface area (Å²) in [5.74, 6) is 0.0818. The molecule has 1 aliphatic rings. The number of halogens is 2. The molecule has 0 unspecified atom stereocenters. The van der Waals surface area contributed by atoms with Crippen molar-refractivity contribution in [1.29, 1.82) is 0 Å². The molecule has 31 heavy (non-hydrogen) atoms. The number of aliphatic imine (C=N–C) groups is 1. The van der Waals surface area contributed by atoms with Gasteiger partial charge in [0, 0.05) is 27.4 Å². The summed E-state index contributed by atoms with van der Waals surface area (Å²) in [7, 11) is 0. The molecule has 1 aliphatic heterocycles. The summed E-state index contributed by atoms with van der Waals surface area (Å²) >= 11 is 13.7. The molecule has 0 fully saturated rings. The number of nitrogens with zero attached hydrogens (tertiary/aromatic N) is 3. The normalized spacial score (nSPS) is 14.4. The van der Waals surface area contributed by atoms with Crippen LogP contribution in [0.4, 0.5) is 11.4 Å². The topological polar surface area (TPSA) is 49.9 Å². The largest absolute Gasteiger partial charge is 0.493 e. The summed E-state index contributed by atoms with van der Waals surface area (Å²) in [6, 6.07) is 22.5. The summed E-state index contributed by atoms with van der Waals surface area (Å²) in [5, 5.41) is 12.3. The second-order valence-electron chi connectivity index (χ2n) is 6.85. The van der Waals surface area contributed by atoms with Crippen molar-refractivity contribution in [1.82, 2.24) is 4.57 Å². The number of rotatable bonds is 3. The molecule has 0 saturated carbocycles. The van der Waals surface area contributed by atoms with Crippen molar-refractivity contribution >= 4 is 63.8 Å². The summed E-state index contributed by atoms with van der Waals surface area (Å²) in [6.45, 7) is 0. The molecular formula is C24H15Cl2N3OS. The quantitative estimate of drug-likeness (QED) is 0.347. The molecule has 1 aromatic heterocycles. The molecule has 5 rings (SSSR count). The van der Waals surface area contributed by atoms with Crippen molar-refractivity contribution in [3.63, 3.8) is 0 Å². The number of fused-ring (bicyclic) bond motifs is 1. The van der Waals surface area contributed by atoms with E-state index < -0.39 is 0 Å². The third-order valence-corrected chi connectivity index (χ3v) is 6.22. The maximum absolute atomic E-state index is 11.2. The minimum atomic E-state index is 0.0818. The van der Waals surface area contributed by atoms with Crippen molar-refractivity contribution in [2.24, 2.45) is 9.98 Å². The Morgan fingerprint density at radius 2 is 1.71 bits per heavy atom. The minimum Gasteiger partial charge on any atom is -0.493 e. The molecule has 4 aromatic rings. The predicted molar refractivity (Wildman–Crippen MR) is 129 cm³/mol. The molecule has 152 valence electrons. The third kappa shape index (κ3) is 3.95. The van der Waals surface area contributed by atoms with E-state index in [1.807, 2.05) is 54.6 Å². The molecule has 2 heterocycles. The van der Waals surface area contributed by atoms with Crippen LogP contribution in [0.1, 0.15) is 10.4 Å². The van der Waals surface area contributed by atoms with Gasteiger partial charge in [-0.3, -0.25) is 9.56 Å². The van der Waals surface area contributed by atoms with Gasteiger partial charge in [-0.1, -0.05) is 64.9 Å². The number of para-hydroxylation sites is 1. The Kier molecular flexibility index (Phi) is 5.24. The van der Waals surface area contributed by atoms with Crippen LogP contribution in [0.2, 0.25) is 10.0 Å². The highest BCUT2D eigenvalue weighted by Crippen LogP contribution is 2.35. The zero-order chi connectivity index (χ0) is 21.4. The van der Waals surface area contributed by atoms with Gasteiger partial charge < -0.3 is 5.11 Å². The van der Waals surface area contributed by atoms with Crippen molar-refractivity contribution in [3.05, 3.63) is 98.1 Å². The Bertz CT molecular complexity index is 1430. The summed E-state index contributed by atoms with van der Waals surface area (Å²) < 4.78 is 1.68. The van der Waals surface area contributed by atoms with Gasteiger partial charge in [-0.2, -0.15) is 0 Å². The first-order chi connectivity index (χ1) is 15.1. The molecule has 0 atom stereocenters. The van der Waals surface area contributed by atoms with Gasteiger partial charge in [0.1, 0.15) is 0 Å². The van der Waals surface area contributed by atoms with Crippen LogP contribution >= 0.6 is 34.5 Å². The zero-order valence-electron chi connectivity index (χ0n) is 16.0. The molecule has 0 spiro atoms. The Hall–Kier alpha value is -3.12. The van der Waals surface area contributed by atoms with Gasteiger partial charge in [-0.15, -0.1) is 0 Å². The van der Waals surface area contributed by atoms with Crippen LogP contribution in [0.3, 0.4) is 0 Å². The average Bonchev–Trinajstić information content (AvgIpc) is 3.29. The van der Waals surface area contributed by atoms with E-state index in [2.05, 4.69) is 4.99 Å². The van der Waals surface area contributed by atoms with Gasteiger partial charge in [0.2, 0.25) is 5.88 Å². The summed E-state index contributed by atoms with van der Waals surface area (Å²) in [6.07, 6.45) is 3.73. The van der Waals surface area contributed by atoms with E-state index >= 15 is 0 Å². The highest BCUT2D eigenvalue weighted by Gasteiger charge is 2.17. The fourth-order valence-electron chi connectivity index (χ4n) is 3.36. The fraction of sp³-hybridized carbons (Fsp3) is 0. The van der Waals surface area contributed by atoms with Gasteiger partial charge in [0.05, 0.1) is 21.9 Å². The van der Waals surface area contributed by atoms with Crippen molar-refractivity contribution in [2.75, 3.05) is 0 Å². The Balaban J connectivity index is 1.71. The fourth-order valence-corrected chi connectivity index (χ4v) is 4.72. The maximum Gasteiger partial charge on any atom is 0.215 e. The SMILES string of the molecule is Oc1c(/C=C2\C=Nc3ccccc32)sc(=Nc2cccc(Cl)c2)n1-c1cccc(Cl)c1. The summed E-state index contributed by atoms with van der Waals surface area (Å²) in [4.78, 5) is 10.4. The molecule has 0 bridgehead atoms. The molecule has 3 aromatic carbocycles. The van der Waals surface area contributed by atoms with Crippen LogP contribution in [-0.4, -0.2) is 15.9 Å². The van der Waals surface area contributed by atoms with Crippen LogP contribution in [0.25, 0.3) is 17.3 Å². The van der Waals surface area contributed by atoms with Crippen LogP contribution in [0.15, 0.2) is 82.8 Å². The van der Waals surface area contributed by atoms with E-state index in [-0.39, 0.29) is 5.88 Å². The number of hydrogen-bond acceptors (Lipinski definition) is 4. The second-order valence-corrected chi connectivity index (χ2v) is 8.74. The van der Waals surface area contributed by atoms with Crippen LogP contribution < -0.4 is 4.80 Å². The third-order valence-electron chi connectivity index (χ3n) is 4.77. The van der Waals surface area contributed by atoms with Gasteiger partial charge in [-0.05, 0) is 48.5 Å². The molecule has 0 amide bonds. The number of thiazole rings is 1. The standard InChI is InChI=1S/C24H15Cl2N3OS/c25-16-5-3-7-18(12-16)28-24-29(19-8-4-6-17(26)13-19)23(30)22(31-24)11-15-14-27-21-10-2-1-9-20(15)21/h1-14,30H/b15-11+,28-24?. The van der Waals surface area contributed by atoms with Gasteiger partial charge >= 0.3 is 0 Å². The number of aromatic hydroxyl groups is 1. The molecule has 0 aliphatic carbocycles. The van der Waals surface area contributed by atoms with E-state index in [9.17, 15) is 5.11 Å². The minimum absolute atomic E-state index is 0.0818. The molecule has 4 nitrogen and oxygen atoms in total. The number of hydrogen-bond donors (Lipinski definition) is 1. The lowest BCUT2D eigenvalue weighted by Crippen LogP contribution is -2.11. The smallest absolute Gasteiger partial charge is 0.215 e. The van der Waals surface area contributed by atoms with Crippen LogP contribution in [0, 0.1) is 0 Å².